The zero-order valence-electron chi connectivity index (χ0n) is 19.6. The van der Waals surface area contributed by atoms with Gasteiger partial charge in [-0.15, -0.1) is 0 Å². The van der Waals surface area contributed by atoms with Gasteiger partial charge in [-0.1, -0.05) is 59.8 Å². The van der Waals surface area contributed by atoms with Gasteiger partial charge in [-0.2, -0.15) is 0 Å². The van der Waals surface area contributed by atoms with Gasteiger partial charge in [-0.3, -0.25) is 9.59 Å². The molecule has 2 atom stereocenters. The van der Waals surface area contributed by atoms with Crippen LogP contribution in [0.5, 0.6) is 11.5 Å². The molecule has 4 aromatic rings. The van der Waals surface area contributed by atoms with Crippen LogP contribution in [-0.2, 0) is 15.2 Å². The third-order valence-electron chi connectivity index (χ3n) is 6.86. The summed E-state index contributed by atoms with van der Waals surface area (Å²) >= 11 is 0. The Morgan fingerprint density at radius 1 is 0.917 bits per heavy atom. The number of hydrogen-bond donors (Lipinski definition) is 1. The van der Waals surface area contributed by atoms with Gasteiger partial charge in [0.2, 0.25) is 0 Å². The van der Waals surface area contributed by atoms with Crippen LogP contribution in [-0.4, -0.2) is 31.6 Å². The van der Waals surface area contributed by atoms with E-state index in [1.165, 1.54) is 7.11 Å². The lowest BCUT2D eigenvalue weighted by atomic mass is 9.74. The van der Waals surface area contributed by atoms with E-state index in [9.17, 15) is 9.59 Å². The predicted octanol–water partition coefficient (Wildman–Crippen LogP) is 4.94. The molecule has 0 aromatic heterocycles. The highest BCUT2D eigenvalue weighted by atomic mass is 16.7. The monoisotopic (exact) mass is 478 g/mol. The molecule has 0 aliphatic carbocycles. The van der Waals surface area contributed by atoms with E-state index in [-0.39, 0.29) is 5.78 Å². The van der Waals surface area contributed by atoms with Gasteiger partial charge in [0.05, 0.1) is 14.2 Å². The number of benzene rings is 4. The van der Waals surface area contributed by atoms with Crippen molar-refractivity contribution in [1.29, 1.82) is 0 Å². The minimum Gasteiger partial charge on any atom is -0.497 e. The molecule has 36 heavy (non-hydrogen) atoms. The predicted molar refractivity (Wildman–Crippen MR) is 136 cm³/mol. The summed E-state index contributed by atoms with van der Waals surface area (Å²) in [5, 5.41) is 9.17. The number of ketones is 1. The van der Waals surface area contributed by atoms with Crippen LogP contribution in [0.2, 0.25) is 0 Å². The maximum absolute atomic E-state index is 14.3. The molecular weight excluding hydrogens is 456 g/mol. The Labute approximate surface area is 207 Å². The summed E-state index contributed by atoms with van der Waals surface area (Å²) in [7, 11) is 3.09. The van der Waals surface area contributed by atoms with Crippen LogP contribution >= 0.6 is 0 Å². The number of hydrogen-bond acceptors (Lipinski definition) is 6. The summed E-state index contributed by atoms with van der Waals surface area (Å²) in [6.07, 6.45) is 0. The molecule has 6 rings (SSSR count). The van der Waals surface area contributed by atoms with Crippen LogP contribution in [0.4, 0.5) is 5.69 Å². The lowest BCUT2D eigenvalue weighted by molar-refractivity contribution is -0.140. The second-order valence-electron chi connectivity index (χ2n) is 8.73. The lowest BCUT2D eigenvalue weighted by Gasteiger charge is -2.27. The standard InChI is InChI=1S/C29H22N2O5/c1-34-20-13-14-24(35-2)21(16-20)26-25(27(32)19-12-11-17-7-3-4-8-18(17)15-19)29(36-31-26)22-9-5-6-10-23(22)30-28(29)33/h3-16,25H,1-2H3,(H,30,33)/t25-,29+/m0/s1. The summed E-state index contributed by atoms with van der Waals surface area (Å²) < 4.78 is 11.0. The fraction of sp³-hybridized carbons (Fsp3) is 0.138. The zero-order valence-corrected chi connectivity index (χ0v) is 19.6. The average molecular weight is 479 g/mol. The van der Waals surface area contributed by atoms with Crippen molar-refractivity contribution in [3.8, 4) is 11.5 Å². The van der Waals surface area contributed by atoms with Crippen molar-refractivity contribution >= 4 is 33.9 Å². The number of fused-ring (bicyclic) bond motifs is 3. The molecule has 0 radical (unpaired) electrons. The average Bonchev–Trinajstić information content (AvgIpc) is 3.46. The number of ether oxygens (including phenoxy) is 2. The van der Waals surface area contributed by atoms with Crippen LogP contribution in [0.1, 0.15) is 21.5 Å². The largest absolute Gasteiger partial charge is 0.497 e. The molecule has 0 unspecified atom stereocenters. The first-order chi connectivity index (χ1) is 17.6. The molecule has 1 N–H and O–H groups in total. The van der Waals surface area contributed by atoms with E-state index in [0.29, 0.717) is 39.6 Å². The number of rotatable bonds is 5. The number of para-hydroxylation sites is 1. The third kappa shape index (κ3) is 3.09. The summed E-state index contributed by atoms with van der Waals surface area (Å²) in [6, 6.07) is 25.7. The quantitative estimate of drug-likeness (QED) is 0.411. The van der Waals surface area contributed by atoms with E-state index in [2.05, 4.69) is 10.5 Å². The number of amides is 1. The number of nitrogens with one attached hydrogen (secondary N) is 1. The maximum Gasteiger partial charge on any atom is 0.277 e. The van der Waals surface area contributed by atoms with Crippen LogP contribution in [0.15, 0.2) is 90.1 Å². The second-order valence-corrected chi connectivity index (χ2v) is 8.73. The molecule has 7 nitrogen and oxygen atoms in total. The van der Waals surface area contributed by atoms with Crippen molar-refractivity contribution in [3.05, 3.63) is 102 Å². The minimum absolute atomic E-state index is 0.284. The van der Waals surface area contributed by atoms with Gasteiger partial charge in [0.1, 0.15) is 23.1 Å². The molecular formula is C29H22N2O5. The number of anilines is 1. The number of oxime groups is 1. The van der Waals surface area contributed by atoms with E-state index < -0.39 is 17.4 Å². The van der Waals surface area contributed by atoms with E-state index in [1.807, 2.05) is 48.5 Å². The summed E-state index contributed by atoms with van der Waals surface area (Å²) in [5.41, 5.74) is 0.779. The van der Waals surface area contributed by atoms with Gasteiger partial charge in [-0.25, -0.2) is 0 Å². The smallest absolute Gasteiger partial charge is 0.277 e. The molecule has 0 saturated carbocycles. The van der Waals surface area contributed by atoms with Crippen LogP contribution in [0.25, 0.3) is 10.8 Å². The Kier molecular flexibility index (Phi) is 5.00. The number of nitrogens with zero attached hydrogens (tertiary/aromatic N) is 1. The first-order valence-electron chi connectivity index (χ1n) is 11.5. The Balaban J connectivity index is 1.56. The normalized spacial score (nSPS) is 20.0. The number of carbonyl (C=O) groups is 2. The first-order valence-corrected chi connectivity index (χ1v) is 11.5. The van der Waals surface area contributed by atoms with Crippen molar-refractivity contribution in [2.45, 2.75) is 5.60 Å². The van der Waals surface area contributed by atoms with Gasteiger partial charge < -0.3 is 19.6 Å². The van der Waals surface area contributed by atoms with Gasteiger partial charge in [0.15, 0.2) is 5.78 Å². The lowest BCUT2D eigenvalue weighted by Crippen LogP contribution is -2.46. The van der Waals surface area contributed by atoms with Crippen LogP contribution < -0.4 is 14.8 Å². The Bertz CT molecular complexity index is 1580. The SMILES string of the molecule is COc1ccc(OC)c(C2=NO[C@@]3(C(=O)Nc4ccccc43)[C@@H]2C(=O)c2ccc3ccccc3c2)c1. The van der Waals surface area contributed by atoms with Crippen molar-refractivity contribution in [2.24, 2.45) is 11.1 Å². The third-order valence-corrected chi connectivity index (χ3v) is 6.86. The molecule has 2 aliphatic heterocycles. The highest BCUT2D eigenvalue weighted by Gasteiger charge is 2.63. The highest BCUT2D eigenvalue weighted by molar-refractivity contribution is 6.25. The second kappa shape index (κ2) is 8.23. The number of carbonyl (C=O) groups excluding carboxylic acids is 2. The fourth-order valence-corrected chi connectivity index (χ4v) is 5.09. The van der Waals surface area contributed by atoms with E-state index in [1.54, 1.807) is 43.5 Å². The van der Waals surface area contributed by atoms with E-state index in [0.717, 1.165) is 10.8 Å². The molecule has 7 heteroatoms. The van der Waals surface area contributed by atoms with E-state index in [4.69, 9.17) is 14.3 Å². The Morgan fingerprint density at radius 3 is 2.50 bits per heavy atom. The first kappa shape index (κ1) is 21.9. The zero-order chi connectivity index (χ0) is 24.9. The fourth-order valence-electron chi connectivity index (χ4n) is 5.09. The van der Waals surface area contributed by atoms with Gasteiger partial charge in [-0.05, 0) is 41.1 Å². The molecule has 1 spiro atoms. The molecule has 2 heterocycles. The van der Waals surface area contributed by atoms with Crippen molar-refractivity contribution in [3.63, 3.8) is 0 Å². The van der Waals surface area contributed by atoms with Gasteiger partial charge in [0, 0.05) is 22.4 Å². The minimum atomic E-state index is -1.65. The number of Topliss-reactive ketones (excluding diaryl/α,β-unsaturated/α-hetero) is 1. The van der Waals surface area contributed by atoms with Crippen molar-refractivity contribution in [2.75, 3.05) is 19.5 Å². The molecule has 4 aromatic carbocycles. The van der Waals surface area contributed by atoms with Crippen LogP contribution in [0, 0.1) is 5.92 Å². The molecule has 2 aliphatic rings. The molecule has 0 fully saturated rings. The van der Waals surface area contributed by atoms with Crippen molar-refractivity contribution in [1.82, 2.24) is 0 Å². The maximum atomic E-state index is 14.3. The van der Waals surface area contributed by atoms with Gasteiger partial charge in [0.25, 0.3) is 11.5 Å². The summed E-state index contributed by atoms with van der Waals surface area (Å²) in [4.78, 5) is 33.9. The molecule has 0 bridgehead atoms. The summed E-state index contributed by atoms with van der Waals surface area (Å²) in [5.74, 6) is -0.749. The molecule has 1 amide bonds. The van der Waals surface area contributed by atoms with Crippen molar-refractivity contribution < 1.29 is 23.9 Å². The van der Waals surface area contributed by atoms with Crippen LogP contribution in [0.3, 0.4) is 0 Å². The van der Waals surface area contributed by atoms with Gasteiger partial charge >= 0.3 is 0 Å². The Morgan fingerprint density at radius 2 is 1.69 bits per heavy atom. The summed E-state index contributed by atoms with van der Waals surface area (Å²) in [6.45, 7) is 0. The number of methoxy groups -OCH3 is 2. The topological polar surface area (TPSA) is 86.2 Å². The molecule has 0 saturated heterocycles. The van der Waals surface area contributed by atoms with E-state index >= 15 is 0 Å². The Hall–Kier alpha value is -4.65. The molecule has 178 valence electrons. The highest BCUT2D eigenvalue weighted by Crippen LogP contribution is 2.50.